The van der Waals surface area contributed by atoms with E-state index in [1.165, 1.54) is 0 Å². The van der Waals surface area contributed by atoms with Gasteiger partial charge < -0.3 is 23.9 Å². The van der Waals surface area contributed by atoms with Crippen LogP contribution in [0.1, 0.15) is 44.2 Å². The standard InChI is InChI=1S/C20H27N3O5/c1-13(2)10-27-20-23-22-19(28-20)17-9-6-15(11-26-17)21-18(24)12-25-16-7-4-14(3)5-8-16/h4-5,7-8,13,15,17H,6,9-12H2,1-3H3,(H,21,24)/t15-,17+/m1/s1. The highest BCUT2D eigenvalue weighted by Crippen LogP contribution is 2.28. The average Bonchev–Trinajstić information content (AvgIpc) is 3.16. The minimum Gasteiger partial charge on any atom is -0.484 e. The summed E-state index contributed by atoms with van der Waals surface area (Å²) >= 11 is 0. The number of nitrogens with zero attached hydrogens (tertiary/aromatic N) is 2. The first-order chi connectivity index (χ1) is 13.5. The number of amides is 1. The SMILES string of the molecule is Cc1ccc(OCC(=O)N[C@@H]2CC[C@@H](c3nnc(OCC(C)C)o3)OC2)cc1. The Morgan fingerprint density at radius 2 is 2.00 bits per heavy atom. The maximum Gasteiger partial charge on any atom is 0.414 e. The molecule has 1 amide bonds. The van der Waals surface area contributed by atoms with Crippen LogP contribution in [0.15, 0.2) is 28.7 Å². The number of nitrogens with one attached hydrogen (secondary N) is 1. The Labute approximate surface area is 164 Å². The predicted octanol–water partition coefficient (Wildman–Crippen LogP) is 2.83. The molecule has 8 heteroatoms. The molecule has 152 valence electrons. The second-order valence-corrected chi connectivity index (χ2v) is 7.38. The monoisotopic (exact) mass is 389 g/mol. The largest absolute Gasteiger partial charge is 0.484 e. The molecular formula is C20H27N3O5. The smallest absolute Gasteiger partial charge is 0.414 e. The third-order valence-corrected chi connectivity index (χ3v) is 4.27. The highest BCUT2D eigenvalue weighted by Gasteiger charge is 2.28. The first kappa shape index (κ1) is 20.1. The number of benzene rings is 1. The highest BCUT2D eigenvalue weighted by atomic mass is 16.6. The van der Waals surface area contributed by atoms with Gasteiger partial charge in [-0.15, -0.1) is 5.10 Å². The van der Waals surface area contributed by atoms with Gasteiger partial charge in [0.15, 0.2) is 6.61 Å². The Bertz CT molecular complexity index is 751. The maximum atomic E-state index is 12.1. The lowest BCUT2D eigenvalue weighted by atomic mass is 10.1. The minimum atomic E-state index is -0.277. The topological polar surface area (TPSA) is 95.7 Å². The summed E-state index contributed by atoms with van der Waals surface area (Å²) in [6, 6.07) is 7.52. The third-order valence-electron chi connectivity index (χ3n) is 4.27. The Kier molecular flexibility index (Phi) is 6.86. The number of hydrogen-bond donors (Lipinski definition) is 1. The van der Waals surface area contributed by atoms with E-state index in [9.17, 15) is 4.79 Å². The number of hydrogen-bond acceptors (Lipinski definition) is 7. The van der Waals surface area contributed by atoms with E-state index in [4.69, 9.17) is 18.6 Å². The fourth-order valence-electron chi connectivity index (χ4n) is 2.76. The van der Waals surface area contributed by atoms with Crippen molar-refractivity contribution < 1.29 is 23.4 Å². The Hall–Kier alpha value is -2.61. The van der Waals surface area contributed by atoms with E-state index in [-0.39, 0.29) is 30.7 Å². The second kappa shape index (κ2) is 9.54. The lowest BCUT2D eigenvalue weighted by Crippen LogP contribution is -2.43. The van der Waals surface area contributed by atoms with Crippen molar-refractivity contribution in [2.45, 2.75) is 45.8 Å². The van der Waals surface area contributed by atoms with Crippen molar-refractivity contribution in [3.8, 4) is 11.8 Å². The summed E-state index contributed by atoms with van der Waals surface area (Å²) < 4.78 is 22.2. The average molecular weight is 389 g/mol. The van der Waals surface area contributed by atoms with Crippen LogP contribution in [0.25, 0.3) is 0 Å². The second-order valence-electron chi connectivity index (χ2n) is 7.38. The summed E-state index contributed by atoms with van der Waals surface area (Å²) in [5.41, 5.74) is 1.14. The molecule has 2 heterocycles. The Balaban J connectivity index is 1.39. The number of aromatic nitrogens is 2. The van der Waals surface area contributed by atoms with Crippen molar-refractivity contribution in [1.29, 1.82) is 0 Å². The number of ether oxygens (including phenoxy) is 3. The van der Waals surface area contributed by atoms with Gasteiger partial charge in [-0.3, -0.25) is 4.79 Å². The molecular weight excluding hydrogens is 362 g/mol. The van der Waals surface area contributed by atoms with Crippen LogP contribution in [0.5, 0.6) is 11.8 Å². The van der Waals surface area contributed by atoms with Gasteiger partial charge in [-0.2, -0.15) is 0 Å². The van der Waals surface area contributed by atoms with Gasteiger partial charge in [0.2, 0.25) is 5.89 Å². The molecule has 1 fully saturated rings. The quantitative estimate of drug-likeness (QED) is 0.741. The number of carbonyl (C=O) groups excluding carboxylic acids is 1. The van der Waals surface area contributed by atoms with Crippen molar-refractivity contribution in [3.63, 3.8) is 0 Å². The van der Waals surface area contributed by atoms with Crippen molar-refractivity contribution in [3.05, 3.63) is 35.7 Å². The van der Waals surface area contributed by atoms with Gasteiger partial charge >= 0.3 is 6.08 Å². The molecule has 0 aliphatic carbocycles. The van der Waals surface area contributed by atoms with Gasteiger partial charge in [0.05, 0.1) is 19.3 Å². The molecule has 0 bridgehead atoms. The molecule has 1 aromatic heterocycles. The van der Waals surface area contributed by atoms with Crippen LogP contribution in [0.3, 0.4) is 0 Å². The minimum absolute atomic E-state index is 0.0246. The first-order valence-electron chi connectivity index (χ1n) is 9.56. The molecule has 0 saturated carbocycles. The van der Waals surface area contributed by atoms with Crippen LogP contribution >= 0.6 is 0 Å². The fraction of sp³-hybridized carbons (Fsp3) is 0.550. The van der Waals surface area contributed by atoms with Crippen molar-refractivity contribution in [1.82, 2.24) is 15.5 Å². The maximum absolute atomic E-state index is 12.1. The van der Waals surface area contributed by atoms with Gasteiger partial charge in [-0.1, -0.05) is 36.6 Å². The zero-order valence-corrected chi connectivity index (χ0v) is 16.5. The number of carbonyl (C=O) groups is 1. The summed E-state index contributed by atoms with van der Waals surface area (Å²) in [6.45, 7) is 6.96. The molecule has 0 unspecified atom stereocenters. The van der Waals surface area contributed by atoms with Crippen LogP contribution in [0, 0.1) is 12.8 Å². The summed E-state index contributed by atoms with van der Waals surface area (Å²) in [7, 11) is 0. The van der Waals surface area contributed by atoms with Crippen molar-refractivity contribution >= 4 is 5.91 Å². The third kappa shape index (κ3) is 5.95. The van der Waals surface area contributed by atoms with E-state index in [0.29, 0.717) is 37.2 Å². The van der Waals surface area contributed by atoms with Gasteiger partial charge in [-0.25, -0.2) is 0 Å². The summed E-state index contributed by atoms with van der Waals surface area (Å²) in [4.78, 5) is 12.1. The number of rotatable bonds is 8. The van der Waals surface area contributed by atoms with Gasteiger partial charge in [0.25, 0.3) is 5.91 Å². The lowest BCUT2D eigenvalue weighted by molar-refractivity contribution is -0.125. The van der Waals surface area contributed by atoms with Crippen LogP contribution in [-0.4, -0.2) is 42.0 Å². The molecule has 0 spiro atoms. The zero-order valence-electron chi connectivity index (χ0n) is 16.5. The summed E-state index contributed by atoms with van der Waals surface area (Å²) in [6.07, 6.45) is 1.32. The van der Waals surface area contributed by atoms with Crippen molar-refractivity contribution in [2.24, 2.45) is 5.92 Å². The van der Waals surface area contributed by atoms with E-state index in [0.717, 1.165) is 12.0 Å². The van der Waals surface area contributed by atoms with E-state index in [2.05, 4.69) is 15.5 Å². The molecule has 8 nitrogen and oxygen atoms in total. The van der Waals surface area contributed by atoms with E-state index < -0.39 is 0 Å². The molecule has 3 rings (SSSR count). The molecule has 1 saturated heterocycles. The first-order valence-corrected chi connectivity index (χ1v) is 9.56. The van der Waals surface area contributed by atoms with Crippen molar-refractivity contribution in [2.75, 3.05) is 19.8 Å². The highest BCUT2D eigenvalue weighted by molar-refractivity contribution is 5.77. The van der Waals surface area contributed by atoms with E-state index in [1.54, 1.807) is 0 Å². The molecule has 1 aliphatic rings. The van der Waals surface area contributed by atoms with Crippen LogP contribution in [0.2, 0.25) is 0 Å². The molecule has 28 heavy (non-hydrogen) atoms. The molecule has 2 aromatic rings. The normalized spacial score (nSPS) is 19.4. The molecule has 1 aromatic carbocycles. The summed E-state index contributed by atoms with van der Waals surface area (Å²) in [5.74, 6) is 1.29. The molecule has 1 N–H and O–H groups in total. The lowest BCUT2D eigenvalue weighted by Gasteiger charge is -2.27. The van der Waals surface area contributed by atoms with Gasteiger partial charge in [0.1, 0.15) is 11.9 Å². The van der Waals surface area contributed by atoms with Crippen LogP contribution < -0.4 is 14.8 Å². The van der Waals surface area contributed by atoms with Gasteiger partial charge in [-0.05, 0) is 37.8 Å². The van der Waals surface area contributed by atoms with E-state index in [1.807, 2.05) is 45.0 Å². The predicted molar refractivity (Wildman–Crippen MR) is 101 cm³/mol. The van der Waals surface area contributed by atoms with Crippen LogP contribution in [0.4, 0.5) is 0 Å². The molecule has 2 atom stereocenters. The van der Waals surface area contributed by atoms with Gasteiger partial charge in [0, 0.05) is 0 Å². The van der Waals surface area contributed by atoms with E-state index >= 15 is 0 Å². The molecule has 1 aliphatic heterocycles. The molecule has 0 radical (unpaired) electrons. The number of aryl methyl sites for hydroxylation is 1. The fourth-order valence-corrected chi connectivity index (χ4v) is 2.76. The Morgan fingerprint density at radius 1 is 1.21 bits per heavy atom. The zero-order chi connectivity index (χ0) is 19.9. The Morgan fingerprint density at radius 3 is 2.68 bits per heavy atom. The van der Waals surface area contributed by atoms with Crippen LogP contribution in [-0.2, 0) is 9.53 Å². The summed E-state index contributed by atoms with van der Waals surface area (Å²) in [5, 5.41) is 10.8.